The summed E-state index contributed by atoms with van der Waals surface area (Å²) in [5, 5.41) is 11.7. The van der Waals surface area contributed by atoms with Gasteiger partial charge < -0.3 is 14.6 Å². The molecule has 32 heavy (non-hydrogen) atoms. The van der Waals surface area contributed by atoms with Crippen LogP contribution in [-0.4, -0.2) is 45.3 Å². The first kappa shape index (κ1) is 23.7. The topological polar surface area (TPSA) is 45.5 Å². The summed E-state index contributed by atoms with van der Waals surface area (Å²) in [5.74, 6) is -1.21. The van der Waals surface area contributed by atoms with Crippen LogP contribution in [0.5, 0.6) is 0 Å². The van der Waals surface area contributed by atoms with E-state index >= 15 is 0 Å². The quantitative estimate of drug-likeness (QED) is 0.608. The molecule has 176 valence electrons. The van der Waals surface area contributed by atoms with Crippen molar-refractivity contribution in [2.45, 2.75) is 57.3 Å². The minimum Gasteiger partial charge on any atom is -0.383 e. The number of halogens is 5. The number of hydrogen-bond donors (Lipinski definition) is 1. The molecule has 2 heterocycles. The third kappa shape index (κ3) is 4.12. The van der Waals surface area contributed by atoms with E-state index in [2.05, 4.69) is 0 Å². The summed E-state index contributed by atoms with van der Waals surface area (Å²) in [6.07, 6.45) is -2.85. The first-order valence-corrected chi connectivity index (χ1v) is 11.7. The Bertz CT molecular complexity index is 1020. The molecular weight excluding hydrogens is 464 g/mol. The van der Waals surface area contributed by atoms with E-state index in [0.29, 0.717) is 41.4 Å². The van der Waals surface area contributed by atoms with Gasteiger partial charge in [0, 0.05) is 41.8 Å². The molecule has 4 rings (SSSR count). The SMILES string of the molecule is C[C@H]1[C@H]2CCC[C@@H]([C@H](O)C(F)(F)F)[C@@H]2CCN1C(=O)Cc1c(Cl)ccc2c1c(Cl)cn2C. The minimum atomic E-state index is -4.62. The van der Waals surface area contributed by atoms with E-state index in [9.17, 15) is 23.1 Å². The maximum atomic E-state index is 13.3. The molecule has 1 saturated carbocycles. The maximum Gasteiger partial charge on any atom is 0.414 e. The second-order valence-electron chi connectivity index (χ2n) is 9.21. The number of carbonyl (C=O) groups is 1. The molecule has 0 unspecified atom stereocenters. The number of amides is 1. The summed E-state index contributed by atoms with van der Waals surface area (Å²) < 4.78 is 41.5. The molecule has 2 fully saturated rings. The van der Waals surface area contributed by atoms with Crippen molar-refractivity contribution in [3.8, 4) is 0 Å². The number of piperidine rings is 1. The van der Waals surface area contributed by atoms with Crippen LogP contribution in [0.2, 0.25) is 10.0 Å². The van der Waals surface area contributed by atoms with Crippen LogP contribution in [-0.2, 0) is 18.3 Å². The molecule has 9 heteroatoms. The lowest BCUT2D eigenvalue weighted by Gasteiger charge is -2.50. The van der Waals surface area contributed by atoms with Crippen molar-refractivity contribution in [1.29, 1.82) is 0 Å². The number of nitrogens with zero attached hydrogens (tertiary/aromatic N) is 2. The van der Waals surface area contributed by atoms with Crippen molar-refractivity contribution in [1.82, 2.24) is 9.47 Å². The summed E-state index contributed by atoms with van der Waals surface area (Å²) in [5.41, 5.74) is 1.55. The second-order valence-corrected chi connectivity index (χ2v) is 10.0. The highest BCUT2D eigenvalue weighted by Crippen LogP contribution is 2.47. The lowest BCUT2D eigenvalue weighted by molar-refractivity contribution is -0.233. The van der Waals surface area contributed by atoms with Gasteiger partial charge in [-0.05, 0) is 61.6 Å². The number of likely N-dealkylation sites (tertiary alicyclic amines) is 1. The number of aromatic nitrogens is 1. The molecule has 1 aromatic carbocycles. The van der Waals surface area contributed by atoms with Gasteiger partial charge in [-0.25, -0.2) is 0 Å². The molecule has 1 aliphatic carbocycles. The zero-order valence-electron chi connectivity index (χ0n) is 18.0. The van der Waals surface area contributed by atoms with Crippen LogP contribution in [0.25, 0.3) is 10.9 Å². The normalized spacial score (nSPS) is 27.4. The molecule has 1 saturated heterocycles. The van der Waals surface area contributed by atoms with Crippen LogP contribution in [0, 0.1) is 17.8 Å². The van der Waals surface area contributed by atoms with Crippen molar-refractivity contribution in [3.63, 3.8) is 0 Å². The first-order valence-electron chi connectivity index (χ1n) is 11.0. The zero-order chi connectivity index (χ0) is 23.4. The molecule has 4 nitrogen and oxygen atoms in total. The van der Waals surface area contributed by atoms with E-state index < -0.39 is 18.2 Å². The Morgan fingerprint density at radius 1 is 1.19 bits per heavy atom. The van der Waals surface area contributed by atoms with Gasteiger partial charge in [0.2, 0.25) is 5.91 Å². The Balaban J connectivity index is 1.55. The molecule has 2 aromatic rings. The third-order valence-electron chi connectivity index (χ3n) is 7.54. The van der Waals surface area contributed by atoms with Gasteiger partial charge in [0.25, 0.3) is 0 Å². The summed E-state index contributed by atoms with van der Waals surface area (Å²) in [6, 6.07) is 3.41. The zero-order valence-corrected chi connectivity index (χ0v) is 19.5. The van der Waals surface area contributed by atoms with Crippen LogP contribution in [0.1, 0.15) is 38.2 Å². The standard InChI is InChI=1S/C23H27Cl2F3N2O2/c1-12-13-4-3-5-15(22(32)23(26,27)28)14(13)8-9-30(12)20(31)10-16-17(24)6-7-19-21(16)18(25)11-29(19)2/h6-7,11-15,22,32H,3-5,8-10H2,1-2H3/t12-,13+,14+,15+,22-/m0/s1. The lowest BCUT2D eigenvalue weighted by atomic mass is 9.64. The molecule has 2 aliphatic rings. The second kappa shape index (κ2) is 8.73. The summed E-state index contributed by atoms with van der Waals surface area (Å²) >= 11 is 12.8. The Morgan fingerprint density at radius 2 is 1.91 bits per heavy atom. The Labute approximate surface area is 195 Å². The van der Waals surface area contributed by atoms with Gasteiger partial charge in [0.15, 0.2) is 6.10 Å². The molecule has 1 aromatic heterocycles. The van der Waals surface area contributed by atoms with Crippen LogP contribution in [0.4, 0.5) is 13.2 Å². The fraction of sp³-hybridized carbons (Fsp3) is 0.609. The van der Waals surface area contributed by atoms with Crippen molar-refractivity contribution in [2.24, 2.45) is 24.8 Å². The van der Waals surface area contributed by atoms with Crippen LogP contribution in [0.3, 0.4) is 0 Å². The molecule has 0 bridgehead atoms. The highest BCUT2D eigenvalue weighted by Gasteiger charge is 2.51. The number of fused-ring (bicyclic) bond motifs is 2. The number of carbonyl (C=O) groups excluding carboxylic acids is 1. The number of aryl methyl sites for hydroxylation is 1. The number of aliphatic hydroxyl groups is 1. The first-order chi connectivity index (χ1) is 15.0. The molecule has 0 spiro atoms. The van der Waals surface area contributed by atoms with Gasteiger partial charge in [0.05, 0.1) is 11.4 Å². The number of hydrogen-bond acceptors (Lipinski definition) is 2. The third-order valence-corrected chi connectivity index (χ3v) is 8.18. The van der Waals surface area contributed by atoms with Gasteiger partial charge in [-0.2, -0.15) is 13.2 Å². The van der Waals surface area contributed by atoms with E-state index in [1.165, 1.54) is 0 Å². The lowest BCUT2D eigenvalue weighted by Crippen LogP contribution is -2.55. The van der Waals surface area contributed by atoms with E-state index in [4.69, 9.17) is 23.2 Å². The van der Waals surface area contributed by atoms with Crippen molar-refractivity contribution in [3.05, 3.63) is 33.9 Å². The Morgan fingerprint density at radius 3 is 2.59 bits per heavy atom. The van der Waals surface area contributed by atoms with E-state index in [1.54, 1.807) is 17.2 Å². The van der Waals surface area contributed by atoms with E-state index in [-0.39, 0.29) is 30.2 Å². The van der Waals surface area contributed by atoms with Gasteiger partial charge in [-0.3, -0.25) is 4.79 Å². The monoisotopic (exact) mass is 490 g/mol. The van der Waals surface area contributed by atoms with Gasteiger partial charge >= 0.3 is 6.18 Å². The van der Waals surface area contributed by atoms with Crippen LogP contribution < -0.4 is 0 Å². The number of rotatable bonds is 3. The fourth-order valence-corrected chi connectivity index (χ4v) is 6.55. The largest absolute Gasteiger partial charge is 0.414 e. The summed E-state index contributed by atoms with van der Waals surface area (Å²) in [4.78, 5) is 15.1. The average Bonchev–Trinajstić information content (AvgIpc) is 3.02. The molecule has 0 radical (unpaired) electrons. The van der Waals surface area contributed by atoms with Gasteiger partial charge in [-0.15, -0.1) is 0 Å². The molecular formula is C23H27Cl2F3N2O2. The predicted octanol–water partition coefficient (Wildman–Crippen LogP) is 5.60. The van der Waals surface area contributed by atoms with E-state index in [0.717, 1.165) is 17.3 Å². The number of alkyl halides is 3. The van der Waals surface area contributed by atoms with Gasteiger partial charge in [-0.1, -0.05) is 29.6 Å². The summed E-state index contributed by atoms with van der Waals surface area (Å²) in [6.45, 7) is 2.28. The highest BCUT2D eigenvalue weighted by atomic mass is 35.5. The fourth-order valence-electron chi connectivity index (χ4n) is 5.97. The highest BCUT2D eigenvalue weighted by molar-refractivity contribution is 6.38. The van der Waals surface area contributed by atoms with Crippen LogP contribution in [0.15, 0.2) is 18.3 Å². The van der Waals surface area contributed by atoms with Crippen molar-refractivity contribution in [2.75, 3.05) is 6.54 Å². The number of aliphatic hydroxyl groups excluding tert-OH is 1. The maximum absolute atomic E-state index is 13.3. The Kier molecular flexibility index (Phi) is 6.47. The van der Waals surface area contributed by atoms with Gasteiger partial charge in [0.1, 0.15) is 0 Å². The number of benzene rings is 1. The summed E-state index contributed by atoms with van der Waals surface area (Å²) in [7, 11) is 1.87. The van der Waals surface area contributed by atoms with E-state index in [1.807, 2.05) is 24.6 Å². The minimum absolute atomic E-state index is 0.0602. The van der Waals surface area contributed by atoms with Crippen LogP contribution >= 0.6 is 23.2 Å². The van der Waals surface area contributed by atoms with Crippen molar-refractivity contribution >= 4 is 40.0 Å². The molecule has 1 aliphatic heterocycles. The van der Waals surface area contributed by atoms with Crippen molar-refractivity contribution < 1.29 is 23.1 Å². The Hall–Kier alpha value is -1.44. The molecule has 1 amide bonds. The molecule has 5 atom stereocenters. The predicted molar refractivity (Wildman–Crippen MR) is 119 cm³/mol. The average molecular weight is 491 g/mol. The molecule has 1 N–H and O–H groups in total. The smallest absolute Gasteiger partial charge is 0.383 e.